The fourth-order valence-electron chi connectivity index (χ4n) is 1.80. The molecular weight excluding hydrogens is 309 g/mol. The van der Waals surface area contributed by atoms with Crippen LogP contribution in [0.2, 0.25) is 0 Å². The fourth-order valence-corrected chi connectivity index (χ4v) is 1.80. The summed E-state index contributed by atoms with van der Waals surface area (Å²) in [4.78, 5) is 23.6. The van der Waals surface area contributed by atoms with Crippen molar-refractivity contribution in [1.29, 1.82) is 0 Å². The van der Waals surface area contributed by atoms with E-state index in [1.54, 1.807) is 56.3 Å². The van der Waals surface area contributed by atoms with E-state index in [1.807, 2.05) is 0 Å². The van der Waals surface area contributed by atoms with Crippen LogP contribution in [0.25, 0.3) is 0 Å². The highest BCUT2D eigenvalue weighted by Gasteiger charge is 2.08. The van der Waals surface area contributed by atoms with Gasteiger partial charge in [0.05, 0.1) is 6.21 Å². The Balaban J connectivity index is 1.95. The molecule has 0 aliphatic heterocycles. The molecule has 2 amide bonds. The molecule has 0 saturated carbocycles. The van der Waals surface area contributed by atoms with E-state index in [2.05, 4.69) is 15.8 Å². The van der Waals surface area contributed by atoms with Gasteiger partial charge >= 0.3 is 0 Å². The summed E-state index contributed by atoms with van der Waals surface area (Å²) >= 11 is 0. The number of carbonyl (C=O) groups excluding carboxylic acids is 2. The van der Waals surface area contributed by atoms with Crippen LogP contribution in [0.15, 0.2) is 53.6 Å². The van der Waals surface area contributed by atoms with Gasteiger partial charge in [-0.1, -0.05) is 32.0 Å². The predicted octanol–water partition coefficient (Wildman–Crippen LogP) is 3.18. The molecule has 124 valence electrons. The topological polar surface area (TPSA) is 70.6 Å². The number of carbonyl (C=O) groups is 2. The molecular formula is C18H18FN3O2. The molecule has 2 rings (SSSR count). The molecule has 6 heteroatoms. The summed E-state index contributed by atoms with van der Waals surface area (Å²) in [5.74, 6) is -1.06. The van der Waals surface area contributed by atoms with Gasteiger partial charge in [-0.2, -0.15) is 5.10 Å². The van der Waals surface area contributed by atoms with E-state index in [0.29, 0.717) is 11.3 Å². The van der Waals surface area contributed by atoms with E-state index >= 15 is 0 Å². The molecule has 0 heterocycles. The average Bonchev–Trinajstić information content (AvgIpc) is 2.57. The van der Waals surface area contributed by atoms with Crippen LogP contribution in [0, 0.1) is 11.7 Å². The zero-order valence-electron chi connectivity index (χ0n) is 13.4. The van der Waals surface area contributed by atoms with Crippen LogP contribution in [0.4, 0.5) is 10.1 Å². The number of nitrogens with zero attached hydrogens (tertiary/aromatic N) is 1. The fraction of sp³-hybridized carbons (Fsp3) is 0.167. The summed E-state index contributed by atoms with van der Waals surface area (Å²) in [7, 11) is 0. The van der Waals surface area contributed by atoms with Crippen LogP contribution >= 0.6 is 0 Å². The van der Waals surface area contributed by atoms with Crippen LogP contribution in [0.1, 0.15) is 29.8 Å². The highest BCUT2D eigenvalue weighted by molar-refractivity contribution is 5.96. The quantitative estimate of drug-likeness (QED) is 0.654. The molecule has 24 heavy (non-hydrogen) atoms. The Morgan fingerprint density at radius 3 is 2.38 bits per heavy atom. The zero-order valence-corrected chi connectivity index (χ0v) is 13.4. The summed E-state index contributed by atoms with van der Waals surface area (Å²) < 4.78 is 13.4. The monoisotopic (exact) mass is 327 g/mol. The molecule has 0 saturated heterocycles. The lowest BCUT2D eigenvalue weighted by Gasteiger charge is -2.08. The van der Waals surface area contributed by atoms with Crippen molar-refractivity contribution in [3.63, 3.8) is 0 Å². The molecule has 0 aliphatic rings. The molecule has 0 aliphatic carbocycles. The Hall–Kier alpha value is -3.02. The van der Waals surface area contributed by atoms with Crippen molar-refractivity contribution < 1.29 is 14.0 Å². The lowest BCUT2D eigenvalue weighted by molar-refractivity contribution is -0.118. The smallest absolute Gasteiger partial charge is 0.271 e. The van der Waals surface area contributed by atoms with Gasteiger partial charge in [0.25, 0.3) is 5.91 Å². The third kappa shape index (κ3) is 4.74. The maximum absolute atomic E-state index is 13.4. The van der Waals surface area contributed by atoms with Gasteiger partial charge in [-0.25, -0.2) is 9.82 Å². The number of nitrogens with one attached hydrogen (secondary N) is 2. The molecule has 0 radical (unpaired) electrons. The highest BCUT2D eigenvalue weighted by Crippen LogP contribution is 2.11. The number of hydrogen-bond donors (Lipinski definition) is 2. The number of hydrazone groups is 1. The van der Waals surface area contributed by atoms with Crippen molar-refractivity contribution in [2.45, 2.75) is 13.8 Å². The number of amides is 2. The molecule has 2 aromatic carbocycles. The molecule has 0 spiro atoms. The SMILES string of the molecule is CC(C)C(=O)Nc1ccc(C(=O)N/N=C/c2ccccc2F)cc1. The Kier molecular flexibility index (Phi) is 5.78. The second-order valence-electron chi connectivity index (χ2n) is 5.44. The Bertz CT molecular complexity index is 755. The number of anilines is 1. The van der Waals surface area contributed by atoms with E-state index in [-0.39, 0.29) is 17.4 Å². The molecule has 0 aromatic heterocycles. The normalized spacial score (nSPS) is 10.8. The lowest BCUT2D eigenvalue weighted by Crippen LogP contribution is -2.19. The zero-order chi connectivity index (χ0) is 17.5. The first-order chi connectivity index (χ1) is 11.5. The first-order valence-electron chi connectivity index (χ1n) is 7.46. The lowest BCUT2D eigenvalue weighted by atomic mass is 10.1. The van der Waals surface area contributed by atoms with Gasteiger partial charge in [0.15, 0.2) is 0 Å². The van der Waals surface area contributed by atoms with Crippen LogP contribution in [0.5, 0.6) is 0 Å². The second-order valence-corrected chi connectivity index (χ2v) is 5.44. The maximum atomic E-state index is 13.4. The van der Waals surface area contributed by atoms with E-state index in [4.69, 9.17) is 0 Å². The largest absolute Gasteiger partial charge is 0.326 e. The van der Waals surface area contributed by atoms with E-state index in [1.165, 1.54) is 12.3 Å². The van der Waals surface area contributed by atoms with Crippen LogP contribution in [0.3, 0.4) is 0 Å². The predicted molar refractivity (Wildman–Crippen MR) is 91.4 cm³/mol. The molecule has 2 N–H and O–H groups in total. The molecule has 0 bridgehead atoms. The molecule has 5 nitrogen and oxygen atoms in total. The van der Waals surface area contributed by atoms with E-state index < -0.39 is 11.7 Å². The summed E-state index contributed by atoms with van der Waals surface area (Å²) in [6, 6.07) is 12.5. The van der Waals surface area contributed by atoms with Crippen LogP contribution < -0.4 is 10.7 Å². The first kappa shape index (κ1) is 17.3. The minimum atomic E-state index is -0.427. The number of hydrogen-bond acceptors (Lipinski definition) is 3. The summed E-state index contributed by atoms with van der Waals surface area (Å²) in [6.45, 7) is 3.59. The minimum absolute atomic E-state index is 0.0957. The summed E-state index contributed by atoms with van der Waals surface area (Å²) in [5, 5.41) is 6.47. The number of rotatable bonds is 5. The third-order valence-corrected chi connectivity index (χ3v) is 3.21. The molecule has 0 unspecified atom stereocenters. The van der Waals surface area contributed by atoms with Gasteiger partial charge in [-0.15, -0.1) is 0 Å². The first-order valence-corrected chi connectivity index (χ1v) is 7.46. The van der Waals surface area contributed by atoms with Crippen molar-refractivity contribution >= 4 is 23.7 Å². The average molecular weight is 327 g/mol. The van der Waals surface area contributed by atoms with Gasteiger partial charge in [-0.05, 0) is 30.3 Å². The van der Waals surface area contributed by atoms with Gasteiger partial charge in [-0.3, -0.25) is 9.59 Å². The van der Waals surface area contributed by atoms with Crippen LogP contribution in [-0.4, -0.2) is 18.0 Å². The van der Waals surface area contributed by atoms with Crippen LogP contribution in [-0.2, 0) is 4.79 Å². The molecule has 0 fully saturated rings. The maximum Gasteiger partial charge on any atom is 0.271 e. The molecule has 2 aromatic rings. The standard InChI is InChI=1S/C18H18FN3O2/c1-12(2)17(23)21-15-9-7-13(8-10-15)18(24)22-20-11-14-5-3-4-6-16(14)19/h3-12H,1-2H3,(H,21,23)(H,22,24)/b20-11+. The second kappa shape index (κ2) is 8.01. The van der Waals surface area contributed by atoms with Gasteiger partial charge in [0, 0.05) is 22.7 Å². The van der Waals surface area contributed by atoms with Gasteiger partial charge < -0.3 is 5.32 Å². The van der Waals surface area contributed by atoms with Crippen molar-refractivity contribution in [3.05, 3.63) is 65.5 Å². The Morgan fingerprint density at radius 2 is 1.75 bits per heavy atom. The third-order valence-electron chi connectivity index (χ3n) is 3.21. The number of benzene rings is 2. The summed E-state index contributed by atoms with van der Waals surface area (Å²) in [5.41, 5.74) is 3.60. The van der Waals surface area contributed by atoms with E-state index in [0.717, 1.165) is 0 Å². The van der Waals surface area contributed by atoms with Crippen molar-refractivity contribution in [1.82, 2.24) is 5.43 Å². The number of halogens is 1. The Morgan fingerprint density at radius 1 is 1.08 bits per heavy atom. The Labute approximate surface area is 139 Å². The van der Waals surface area contributed by atoms with Crippen molar-refractivity contribution in [2.24, 2.45) is 11.0 Å². The van der Waals surface area contributed by atoms with Gasteiger partial charge in [0.2, 0.25) is 5.91 Å². The summed E-state index contributed by atoms with van der Waals surface area (Å²) in [6.07, 6.45) is 1.24. The van der Waals surface area contributed by atoms with Gasteiger partial charge in [0.1, 0.15) is 5.82 Å². The van der Waals surface area contributed by atoms with E-state index in [9.17, 15) is 14.0 Å². The highest BCUT2D eigenvalue weighted by atomic mass is 19.1. The molecule has 0 atom stereocenters. The minimum Gasteiger partial charge on any atom is -0.326 e. The van der Waals surface area contributed by atoms with Crippen molar-refractivity contribution in [3.8, 4) is 0 Å². The van der Waals surface area contributed by atoms with Crippen molar-refractivity contribution in [2.75, 3.05) is 5.32 Å².